The molecule has 2 aromatic rings. The molecule has 0 fully saturated rings. The highest BCUT2D eigenvalue weighted by molar-refractivity contribution is 7.20. The Morgan fingerprint density at radius 2 is 1.81 bits per heavy atom. The third-order valence-corrected chi connectivity index (χ3v) is 4.72. The second-order valence-corrected chi connectivity index (χ2v) is 5.92. The Morgan fingerprint density at radius 1 is 1.19 bits per heavy atom. The molecular weight excluding hydrogens is 267 g/mol. The number of hydrogen-bond donors (Lipinski definition) is 2. The Morgan fingerprint density at radius 3 is 2.38 bits per heavy atom. The number of rotatable bonds is 1. The van der Waals surface area contributed by atoms with Crippen LogP contribution in [0.5, 0.6) is 5.75 Å². The second kappa shape index (κ2) is 3.77. The maximum Gasteiger partial charge on any atom is 0.136 e. The van der Waals surface area contributed by atoms with E-state index >= 15 is 0 Å². The van der Waals surface area contributed by atoms with Gasteiger partial charge in [-0.2, -0.15) is 0 Å². The van der Waals surface area contributed by atoms with E-state index in [1.807, 2.05) is 6.07 Å². The zero-order chi connectivity index (χ0) is 12.1. The molecule has 2 rings (SSSR count). The van der Waals surface area contributed by atoms with E-state index in [1.165, 1.54) is 11.3 Å². The van der Waals surface area contributed by atoms with Gasteiger partial charge >= 0.3 is 0 Å². The molecule has 0 saturated carbocycles. The fraction of sp³-hybridized carbons (Fsp3) is 0.273. The molecule has 2 N–H and O–H groups in total. The molecule has 5 heteroatoms. The maximum absolute atomic E-state index is 9.89. The quantitative estimate of drug-likeness (QED) is 0.822. The van der Waals surface area contributed by atoms with Crippen molar-refractivity contribution in [2.45, 2.75) is 19.4 Å². The molecule has 2 nitrogen and oxygen atoms in total. The SMILES string of the molecule is CC(C)(O)c1cc2cc(O)c(Cl)c(Cl)c2s1. The van der Waals surface area contributed by atoms with Crippen LogP contribution in [-0.2, 0) is 5.60 Å². The topological polar surface area (TPSA) is 40.5 Å². The third kappa shape index (κ3) is 1.89. The van der Waals surface area contributed by atoms with Gasteiger partial charge in [0.05, 0.1) is 15.3 Å². The summed E-state index contributed by atoms with van der Waals surface area (Å²) in [5, 5.41) is 20.7. The van der Waals surface area contributed by atoms with E-state index in [0.717, 1.165) is 15.0 Å². The van der Waals surface area contributed by atoms with Crippen LogP contribution in [0.15, 0.2) is 12.1 Å². The Balaban J connectivity index is 2.77. The first-order valence-electron chi connectivity index (χ1n) is 4.64. The molecule has 0 unspecified atom stereocenters. The highest BCUT2D eigenvalue weighted by Gasteiger charge is 2.21. The van der Waals surface area contributed by atoms with Gasteiger partial charge in [-0.15, -0.1) is 11.3 Å². The Kier molecular flexibility index (Phi) is 2.83. The average molecular weight is 277 g/mol. The Bertz CT molecular complexity index is 555. The molecule has 0 radical (unpaired) electrons. The van der Waals surface area contributed by atoms with Crippen molar-refractivity contribution in [2.24, 2.45) is 0 Å². The highest BCUT2D eigenvalue weighted by Crippen LogP contribution is 2.43. The van der Waals surface area contributed by atoms with Crippen molar-refractivity contribution in [2.75, 3.05) is 0 Å². The lowest BCUT2D eigenvalue weighted by Crippen LogP contribution is -2.12. The fourth-order valence-corrected chi connectivity index (χ4v) is 3.02. The number of fused-ring (bicyclic) bond motifs is 1. The van der Waals surface area contributed by atoms with Crippen LogP contribution in [0, 0.1) is 0 Å². The van der Waals surface area contributed by atoms with Crippen LogP contribution >= 0.6 is 34.5 Å². The van der Waals surface area contributed by atoms with Gasteiger partial charge in [0.2, 0.25) is 0 Å². The van der Waals surface area contributed by atoms with Gasteiger partial charge in [0.1, 0.15) is 10.8 Å². The number of thiophene rings is 1. The van der Waals surface area contributed by atoms with Crippen LogP contribution in [0.2, 0.25) is 10.0 Å². The van der Waals surface area contributed by atoms with E-state index in [-0.39, 0.29) is 10.8 Å². The van der Waals surface area contributed by atoms with Crippen molar-refractivity contribution in [3.8, 4) is 5.75 Å². The van der Waals surface area contributed by atoms with E-state index in [4.69, 9.17) is 23.2 Å². The molecule has 16 heavy (non-hydrogen) atoms. The van der Waals surface area contributed by atoms with Crippen LogP contribution in [0.4, 0.5) is 0 Å². The lowest BCUT2D eigenvalue weighted by atomic mass is 10.1. The van der Waals surface area contributed by atoms with Crippen molar-refractivity contribution in [1.82, 2.24) is 0 Å². The largest absolute Gasteiger partial charge is 0.506 e. The lowest BCUT2D eigenvalue weighted by molar-refractivity contribution is 0.0826. The predicted molar refractivity (Wildman–Crippen MR) is 68.8 cm³/mol. The number of phenols is 1. The number of halogens is 2. The molecule has 0 bridgehead atoms. The van der Waals surface area contributed by atoms with E-state index in [9.17, 15) is 10.2 Å². The van der Waals surface area contributed by atoms with Gasteiger partial charge in [-0.25, -0.2) is 0 Å². The summed E-state index contributed by atoms with van der Waals surface area (Å²) in [7, 11) is 0. The zero-order valence-corrected chi connectivity index (χ0v) is 11.0. The number of phenolic OH excluding ortho intramolecular Hbond substituents is 1. The first-order valence-corrected chi connectivity index (χ1v) is 6.21. The van der Waals surface area contributed by atoms with Gasteiger partial charge < -0.3 is 10.2 Å². The van der Waals surface area contributed by atoms with Crippen molar-refractivity contribution in [1.29, 1.82) is 0 Å². The lowest BCUT2D eigenvalue weighted by Gasteiger charge is -2.13. The molecule has 1 aromatic carbocycles. The van der Waals surface area contributed by atoms with Crippen LogP contribution < -0.4 is 0 Å². The summed E-state index contributed by atoms with van der Waals surface area (Å²) in [5.74, 6) is -0.0423. The minimum atomic E-state index is -0.922. The molecular formula is C11H10Cl2O2S. The van der Waals surface area contributed by atoms with Crippen LogP contribution in [0.1, 0.15) is 18.7 Å². The van der Waals surface area contributed by atoms with E-state index in [2.05, 4.69) is 0 Å². The minimum absolute atomic E-state index is 0.0423. The fourth-order valence-electron chi connectivity index (χ4n) is 1.41. The molecule has 1 aromatic heterocycles. The molecule has 0 atom stereocenters. The highest BCUT2D eigenvalue weighted by atomic mass is 35.5. The van der Waals surface area contributed by atoms with Gasteiger partial charge in [-0.1, -0.05) is 23.2 Å². The predicted octanol–water partition coefficient (Wildman–Crippen LogP) is 4.14. The van der Waals surface area contributed by atoms with Gasteiger partial charge in [-0.05, 0) is 31.4 Å². The van der Waals surface area contributed by atoms with Crippen molar-refractivity contribution >= 4 is 44.6 Å². The molecule has 0 spiro atoms. The smallest absolute Gasteiger partial charge is 0.136 e. The van der Waals surface area contributed by atoms with Gasteiger partial charge in [0.15, 0.2) is 0 Å². The molecule has 86 valence electrons. The number of aromatic hydroxyl groups is 1. The van der Waals surface area contributed by atoms with E-state index in [0.29, 0.717) is 5.02 Å². The summed E-state index contributed by atoms with van der Waals surface area (Å²) in [4.78, 5) is 0.783. The first kappa shape index (κ1) is 12.0. The summed E-state index contributed by atoms with van der Waals surface area (Å²) in [6.07, 6.45) is 0. The van der Waals surface area contributed by atoms with Gasteiger partial charge in [0.25, 0.3) is 0 Å². The Hall–Kier alpha value is -0.480. The molecule has 0 saturated heterocycles. The summed E-state index contributed by atoms with van der Waals surface area (Å²) in [6, 6.07) is 3.36. The number of hydrogen-bond acceptors (Lipinski definition) is 3. The normalized spacial score (nSPS) is 12.3. The van der Waals surface area contributed by atoms with Gasteiger partial charge in [0, 0.05) is 4.88 Å². The van der Waals surface area contributed by atoms with Crippen LogP contribution in [-0.4, -0.2) is 10.2 Å². The average Bonchev–Trinajstić information content (AvgIpc) is 2.57. The molecule has 0 aliphatic rings. The summed E-state index contributed by atoms with van der Waals surface area (Å²) < 4.78 is 0.779. The van der Waals surface area contributed by atoms with E-state index < -0.39 is 5.60 Å². The molecule has 0 aliphatic carbocycles. The number of benzene rings is 1. The summed E-state index contributed by atoms with van der Waals surface area (Å²) in [5.41, 5.74) is -0.922. The summed E-state index contributed by atoms with van der Waals surface area (Å²) >= 11 is 13.3. The molecule has 1 heterocycles. The zero-order valence-electron chi connectivity index (χ0n) is 8.71. The Labute approximate surface area is 107 Å². The van der Waals surface area contributed by atoms with Crippen molar-refractivity contribution < 1.29 is 10.2 Å². The molecule has 0 amide bonds. The standard InChI is InChI=1S/C11H10Cl2O2S/c1-11(2,15)7-4-5-3-6(14)8(12)9(13)10(5)16-7/h3-4,14-15H,1-2H3. The number of aliphatic hydroxyl groups is 1. The first-order chi connectivity index (χ1) is 7.30. The van der Waals surface area contributed by atoms with Crippen molar-refractivity contribution in [3.63, 3.8) is 0 Å². The monoisotopic (exact) mass is 276 g/mol. The maximum atomic E-state index is 9.89. The minimum Gasteiger partial charge on any atom is -0.506 e. The van der Waals surface area contributed by atoms with Gasteiger partial charge in [-0.3, -0.25) is 0 Å². The molecule has 0 aliphatic heterocycles. The van der Waals surface area contributed by atoms with Crippen LogP contribution in [0.3, 0.4) is 0 Å². The van der Waals surface area contributed by atoms with E-state index in [1.54, 1.807) is 19.9 Å². The van der Waals surface area contributed by atoms with Crippen LogP contribution in [0.25, 0.3) is 10.1 Å². The second-order valence-electron chi connectivity index (χ2n) is 4.11. The third-order valence-electron chi connectivity index (χ3n) is 2.27. The van der Waals surface area contributed by atoms with Crippen molar-refractivity contribution in [3.05, 3.63) is 27.1 Å². The summed E-state index contributed by atoms with van der Waals surface area (Å²) in [6.45, 7) is 3.40.